The molecule has 0 unspecified atom stereocenters. The van der Waals surface area contributed by atoms with Crippen molar-refractivity contribution in [2.45, 2.75) is 58.2 Å². The lowest BCUT2D eigenvalue weighted by molar-refractivity contribution is -0.130. The molecule has 0 aromatic heterocycles. The number of likely N-dealkylation sites (tertiary alicyclic amines) is 1. The number of amides is 1. The van der Waals surface area contributed by atoms with Crippen molar-refractivity contribution in [3.8, 4) is 5.75 Å². The van der Waals surface area contributed by atoms with Crippen molar-refractivity contribution in [3.05, 3.63) is 29.8 Å². The molecular weight excluding hydrogens is 264 g/mol. The Morgan fingerprint density at radius 1 is 1.29 bits per heavy atom. The van der Waals surface area contributed by atoms with Crippen molar-refractivity contribution in [2.75, 3.05) is 6.54 Å². The van der Waals surface area contributed by atoms with Gasteiger partial charge in [-0.1, -0.05) is 12.1 Å². The lowest BCUT2D eigenvalue weighted by Crippen LogP contribution is -2.44. The molecule has 116 valence electrons. The highest BCUT2D eigenvalue weighted by Crippen LogP contribution is 2.16. The van der Waals surface area contributed by atoms with Gasteiger partial charge in [-0.05, 0) is 57.7 Å². The van der Waals surface area contributed by atoms with Crippen LogP contribution in [0.2, 0.25) is 0 Å². The van der Waals surface area contributed by atoms with Crippen LogP contribution in [0.25, 0.3) is 0 Å². The lowest BCUT2D eigenvalue weighted by atomic mass is 10.1. The largest absolute Gasteiger partial charge is 0.508 e. The van der Waals surface area contributed by atoms with Crippen LogP contribution in [0.1, 0.15) is 39.2 Å². The Hall–Kier alpha value is -1.55. The standard InChI is InChI=1S/C17H26N2O2/c1-12(2)19-11-10-16(17(19)21)18-13(3)4-5-14-6-8-15(20)9-7-14/h6-9,12-13,16,18,20H,4-5,10-11H2,1-3H3/t13-,16-/m1/s1. The van der Waals surface area contributed by atoms with Crippen LogP contribution in [0, 0.1) is 0 Å². The zero-order valence-corrected chi connectivity index (χ0v) is 13.2. The topological polar surface area (TPSA) is 52.6 Å². The van der Waals surface area contributed by atoms with Gasteiger partial charge in [0.25, 0.3) is 0 Å². The van der Waals surface area contributed by atoms with Crippen LogP contribution in [0.4, 0.5) is 0 Å². The number of carbonyl (C=O) groups is 1. The summed E-state index contributed by atoms with van der Waals surface area (Å²) in [6, 6.07) is 7.90. The maximum atomic E-state index is 12.2. The average molecular weight is 290 g/mol. The van der Waals surface area contributed by atoms with E-state index in [1.807, 2.05) is 17.0 Å². The minimum absolute atomic E-state index is 0.0257. The highest BCUT2D eigenvalue weighted by Gasteiger charge is 2.33. The van der Waals surface area contributed by atoms with Crippen molar-refractivity contribution < 1.29 is 9.90 Å². The molecule has 0 radical (unpaired) electrons. The fraction of sp³-hybridized carbons (Fsp3) is 0.588. The van der Waals surface area contributed by atoms with E-state index >= 15 is 0 Å². The average Bonchev–Trinajstić information content (AvgIpc) is 2.80. The van der Waals surface area contributed by atoms with Gasteiger partial charge in [-0.25, -0.2) is 0 Å². The van der Waals surface area contributed by atoms with Crippen molar-refractivity contribution in [1.29, 1.82) is 0 Å². The van der Waals surface area contributed by atoms with Gasteiger partial charge in [-0.3, -0.25) is 4.79 Å². The van der Waals surface area contributed by atoms with Crippen LogP contribution < -0.4 is 5.32 Å². The van der Waals surface area contributed by atoms with Crippen LogP contribution in [0.15, 0.2) is 24.3 Å². The molecule has 1 aliphatic heterocycles. The first-order valence-corrected chi connectivity index (χ1v) is 7.82. The molecule has 2 atom stereocenters. The number of nitrogens with zero attached hydrogens (tertiary/aromatic N) is 1. The first-order chi connectivity index (χ1) is 9.97. The van der Waals surface area contributed by atoms with Crippen LogP contribution >= 0.6 is 0 Å². The second-order valence-electron chi connectivity index (χ2n) is 6.24. The van der Waals surface area contributed by atoms with Crippen LogP contribution in [-0.2, 0) is 11.2 Å². The minimum atomic E-state index is -0.0257. The zero-order chi connectivity index (χ0) is 15.4. The Bertz CT molecular complexity index is 470. The minimum Gasteiger partial charge on any atom is -0.508 e. The van der Waals surface area contributed by atoms with Gasteiger partial charge in [0, 0.05) is 18.6 Å². The lowest BCUT2D eigenvalue weighted by Gasteiger charge is -2.22. The number of hydrogen-bond acceptors (Lipinski definition) is 3. The quantitative estimate of drug-likeness (QED) is 0.845. The Labute approximate surface area is 127 Å². The Morgan fingerprint density at radius 3 is 2.52 bits per heavy atom. The molecule has 1 fully saturated rings. The summed E-state index contributed by atoms with van der Waals surface area (Å²) in [5.41, 5.74) is 1.21. The van der Waals surface area contributed by atoms with Crippen molar-refractivity contribution >= 4 is 5.91 Å². The van der Waals surface area contributed by atoms with E-state index in [2.05, 4.69) is 26.1 Å². The van der Waals surface area contributed by atoms with E-state index in [1.54, 1.807) is 12.1 Å². The Balaban J connectivity index is 1.78. The van der Waals surface area contributed by atoms with Crippen molar-refractivity contribution in [1.82, 2.24) is 10.2 Å². The number of aromatic hydroxyl groups is 1. The van der Waals surface area contributed by atoms with Crippen molar-refractivity contribution in [2.24, 2.45) is 0 Å². The van der Waals surface area contributed by atoms with Gasteiger partial charge >= 0.3 is 0 Å². The molecule has 2 rings (SSSR count). The molecule has 1 aromatic carbocycles. The molecular formula is C17H26N2O2. The van der Waals surface area contributed by atoms with E-state index in [0.717, 1.165) is 25.8 Å². The van der Waals surface area contributed by atoms with Crippen molar-refractivity contribution in [3.63, 3.8) is 0 Å². The van der Waals surface area contributed by atoms with Gasteiger partial charge in [0.1, 0.15) is 5.75 Å². The summed E-state index contributed by atoms with van der Waals surface area (Å²) in [7, 11) is 0. The van der Waals surface area contributed by atoms with Crippen LogP contribution in [0.3, 0.4) is 0 Å². The van der Waals surface area contributed by atoms with Gasteiger partial charge in [0.2, 0.25) is 5.91 Å². The molecule has 1 aliphatic rings. The number of carbonyl (C=O) groups excluding carboxylic acids is 1. The maximum Gasteiger partial charge on any atom is 0.240 e. The molecule has 1 aromatic rings. The van der Waals surface area contributed by atoms with Gasteiger partial charge < -0.3 is 15.3 Å². The maximum absolute atomic E-state index is 12.2. The number of rotatable bonds is 6. The highest BCUT2D eigenvalue weighted by molar-refractivity contribution is 5.84. The Morgan fingerprint density at radius 2 is 1.95 bits per heavy atom. The molecule has 4 nitrogen and oxygen atoms in total. The molecule has 0 saturated carbocycles. The normalized spacial score (nSPS) is 20.3. The summed E-state index contributed by atoms with van der Waals surface area (Å²) < 4.78 is 0. The number of benzene rings is 1. The fourth-order valence-electron chi connectivity index (χ4n) is 2.84. The fourth-order valence-corrected chi connectivity index (χ4v) is 2.84. The summed E-state index contributed by atoms with van der Waals surface area (Å²) in [5.74, 6) is 0.539. The van der Waals surface area contributed by atoms with E-state index in [1.165, 1.54) is 5.56 Å². The molecule has 0 spiro atoms. The van der Waals surface area contributed by atoms with E-state index < -0.39 is 0 Å². The molecule has 2 N–H and O–H groups in total. The molecule has 21 heavy (non-hydrogen) atoms. The third kappa shape index (κ3) is 4.21. The molecule has 0 aliphatic carbocycles. The second kappa shape index (κ2) is 6.94. The first kappa shape index (κ1) is 15.8. The third-order valence-corrected chi connectivity index (χ3v) is 4.15. The zero-order valence-electron chi connectivity index (χ0n) is 13.2. The van der Waals surface area contributed by atoms with E-state index in [0.29, 0.717) is 11.8 Å². The first-order valence-electron chi connectivity index (χ1n) is 7.82. The van der Waals surface area contributed by atoms with Gasteiger partial charge in [0.15, 0.2) is 0 Å². The molecule has 4 heteroatoms. The summed E-state index contributed by atoms with van der Waals surface area (Å²) in [6.07, 6.45) is 2.83. The molecule has 1 saturated heterocycles. The summed E-state index contributed by atoms with van der Waals surface area (Å²) in [4.78, 5) is 14.2. The van der Waals surface area contributed by atoms with Gasteiger partial charge in [-0.2, -0.15) is 0 Å². The van der Waals surface area contributed by atoms with E-state index in [4.69, 9.17) is 0 Å². The third-order valence-electron chi connectivity index (χ3n) is 4.15. The van der Waals surface area contributed by atoms with E-state index in [9.17, 15) is 9.90 Å². The van der Waals surface area contributed by atoms with Gasteiger partial charge in [0.05, 0.1) is 6.04 Å². The highest BCUT2D eigenvalue weighted by atomic mass is 16.3. The summed E-state index contributed by atoms with van der Waals surface area (Å²) >= 11 is 0. The molecule has 1 heterocycles. The predicted octanol–water partition coefficient (Wildman–Crippen LogP) is 2.31. The second-order valence-corrected chi connectivity index (χ2v) is 6.24. The Kier molecular flexibility index (Phi) is 5.23. The monoisotopic (exact) mass is 290 g/mol. The van der Waals surface area contributed by atoms with Crippen LogP contribution in [0.5, 0.6) is 5.75 Å². The smallest absolute Gasteiger partial charge is 0.240 e. The van der Waals surface area contributed by atoms with Gasteiger partial charge in [-0.15, -0.1) is 0 Å². The summed E-state index contributed by atoms with van der Waals surface area (Å²) in [5, 5.41) is 12.7. The number of nitrogens with one attached hydrogen (secondary N) is 1. The van der Waals surface area contributed by atoms with E-state index in [-0.39, 0.29) is 18.0 Å². The molecule has 1 amide bonds. The number of phenols is 1. The molecule has 0 bridgehead atoms. The summed E-state index contributed by atoms with van der Waals surface area (Å²) in [6.45, 7) is 7.12. The number of aryl methyl sites for hydroxylation is 1. The van der Waals surface area contributed by atoms with Crippen LogP contribution in [-0.4, -0.2) is 40.6 Å². The number of hydrogen-bond donors (Lipinski definition) is 2. The number of phenolic OH excluding ortho intramolecular Hbond substituents is 1. The SMILES string of the molecule is CC(C)N1CC[C@@H](N[C@H](C)CCc2ccc(O)cc2)C1=O. The predicted molar refractivity (Wildman–Crippen MR) is 84.3 cm³/mol.